The number of aromatic nitrogens is 4. The third kappa shape index (κ3) is 3.84. The van der Waals surface area contributed by atoms with Crippen LogP contribution in [0.1, 0.15) is 17.8 Å². The second kappa shape index (κ2) is 7.90. The van der Waals surface area contributed by atoms with Gasteiger partial charge in [0.15, 0.2) is 5.65 Å². The number of amides is 1. The van der Waals surface area contributed by atoms with Crippen LogP contribution in [0.5, 0.6) is 0 Å². The van der Waals surface area contributed by atoms with Crippen LogP contribution in [0.2, 0.25) is 0 Å². The standard InChI is InChI=1S/C22H20FN5O2/c1-14-3-7-17(8-4-14)26-20(29)11-12-27-15(2)25-21-19(22(27)30)13-24-28(21)18-9-5-16(23)6-10-18/h3-10,13H,11-12H2,1-2H3,(H,26,29). The lowest BCUT2D eigenvalue weighted by Crippen LogP contribution is -2.26. The van der Waals surface area contributed by atoms with Gasteiger partial charge in [0.05, 0.1) is 11.9 Å². The summed E-state index contributed by atoms with van der Waals surface area (Å²) in [5, 5.41) is 7.40. The largest absolute Gasteiger partial charge is 0.326 e. The van der Waals surface area contributed by atoms with Crippen molar-refractivity contribution in [3.8, 4) is 5.69 Å². The van der Waals surface area contributed by atoms with Crippen LogP contribution in [0.3, 0.4) is 0 Å². The third-order valence-electron chi connectivity index (χ3n) is 4.85. The highest BCUT2D eigenvalue weighted by Crippen LogP contribution is 2.15. The van der Waals surface area contributed by atoms with Gasteiger partial charge in [0, 0.05) is 18.7 Å². The average Bonchev–Trinajstić information content (AvgIpc) is 3.14. The minimum absolute atomic E-state index is 0.133. The zero-order chi connectivity index (χ0) is 21.3. The Bertz CT molecular complexity index is 1270. The second-order valence-electron chi connectivity index (χ2n) is 7.05. The molecule has 1 N–H and O–H groups in total. The Morgan fingerprint density at radius 1 is 1.07 bits per heavy atom. The first-order valence-corrected chi connectivity index (χ1v) is 9.50. The highest BCUT2D eigenvalue weighted by molar-refractivity contribution is 5.90. The van der Waals surface area contributed by atoms with E-state index in [1.165, 1.54) is 27.6 Å². The molecular formula is C22H20FN5O2. The number of rotatable bonds is 5. The van der Waals surface area contributed by atoms with Crippen LogP contribution < -0.4 is 10.9 Å². The Balaban J connectivity index is 1.56. The number of nitrogens with zero attached hydrogens (tertiary/aromatic N) is 4. The van der Waals surface area contributed by atoms with Crippen molar-refractivity contribution in [3.63, 3.8) is 0 Å². The number of carbonyl (C=O) groups excluding carboxylic acids is 1. The van der Waals surface area contributed by atoms with Crippen molar-refractivity contribution in [2.24, 2.45) is 0 Å². The van der Waals surface area contributed by atoms with E-state index in [9.17, 15) is 14.0 Å². The molecule has 0 saturated heterocycles. The van der Waals surface area contributed by atoms with Gasteiger partial charge in [-0.1, -0.05) is 17.7 Å². The zero-order valence-corrected chi connectivity index (χ0v) is 16.6. The van der Waals surface area contributed by atoms with Crippen molar-refractivity contribution in [2.45, 2.75) is 26.8 Å². The molecule has 2 aromatic carbocycles. The van der Waals surface area contributed by atoms with Crippen molar-refractivity contribution in [3.05, 3.63) is 82.3 Å². The maximum absolute atomic E-state index is 13.2. The van der Waals surface area contributed by atoms with Gasteiger partial charge in [-0.3, -0.25) is 14.2 Å². The average molecular weight is 405 g/mol. The summed E-state index contributed by atoms with van der Waals surface area (Å²) in [4.78, 5) is 29.7. The van der Waals surface area contributed by atoms with Gasteiger partial charge in [-0.05, 0) is 50.2 Å². The maximum atomic E-state index is 13.2. The van der Waals surface area contributed by atoms with E-state index in [4.69, 9.17) is 0 Å². The zero-order valence-electron chi connectivity index (χ0n) is 16.6. The molecule has 2 heterocycles. The Morgan fingerprint density at radius 3 is 2.47 bits per heavy atom. The first kappa shape index (κ1) is 19.5. The number of nitrogens with one attached hydrogen (secondary N) is 1. The maximum Gasteiger partial charge on any atom is 0.264 e. The molecule has 4 aromatic rings. The van der Waals surface area contributed by atoms with Crippen LogP contribution in [-0.4, -0.2) is 25.2 Å². The summed E-state index contributed by atoms with van der Waals surface area (Å²) in [6.45, 7) is 3.88. The van der Waals surface area contributed by atoms with E-state index in [0.717, 1.165) is 5.56 Å². The van der Waals surface area contributed by atoms with Crippen LogP contribution in [0.4, 0.5) is 10.1 Å². The highest BCUT2D eigenvalue weighted by Gasteiger charge is 2.15. The van der Waals surface area contributed by atoms with Gasteiger partial charge in [-0.2, -0.15) is 5.10 Å². The number of hydrogen-bond donors (Lipinski definition) is 1. The van der Waals surface area contributed by atoms with Gasteiger partial charge < -0.3 is 5.32 Å². The van der Waals surface area contributed by atoms with Crippen molar-refractivity contribution in [2.75, 3.05) is 5.32 Å². The van der Waals surface area contributed by atoms with Crippen molar-refractivity contribution >= 4 is 22.6 Å². The quantitative estimate of drug-likeness (QED) is 0.552. The number of aryl methyl sites for hydroxylation is 2. The molecule has 0 aliphatic heterocycles. The predicted octanol–water partition coefficient (Wildman–Crippen LogP) is 3.37. The fourth-order valence-electron chi connectivity index (χ4n) is 3.21. The van der Waals surface area contributed by atoms with E-state index < -0.39 is 0 Å². The molecule has 7 nitrogen and oxygen atoms in total. The van der Waals surface area contributed by atoms with Crippen molar-refractivity contribution in [1.82, 2.24) is 19.3 Å². The Morgan fingerprint density at radius 2 is 1.77 bits per heavy atom. The Labute approximate surface area is 171 Å². The predicted molar refractivity (Wildman–Crippen MR) is 112 cm³/mol. The lowest BCUT2D eigenvalue weighted by Gasteiger charge is -2.11. The molecular weight excluding hydrogens is 385 g/mol. The van der Waals surface area contributed by atoms with Crippen molar-refractivity contribution < 1.29 is 9.18 Å². The van der Waals surface area contributed by atoms with Crippen LogP contribution in [-0.2, 0) is 11.3 Å². The molecule has 0 fully saturated rings. The van der Waals surface area contributed by atoms with E-state index in [0.29, 0.717) is 28.2 Å². The molecule has 4 rings (SSSR count). The van der Waals surface area contributed by atoms with Gasteiger partial charge in [0.1, 0.15) is 17.0 Å². The van der Waals surface area contributed by atoms with Gasteiger partial charge in [0.25, 0.3) is 5.56 Å². The SMILES string of the molecule is Cc1ccc(NC(=O)CCn2c(C)nc3c(cnn3-c3ccc(F)cc3)c2=O)cc1. The highest BCUT2D eigenvalue weighted by atomic mass is 19.1. The Kier molecular flexibility index (Phi) is 5.14. The first-order chi connectivity index (χ1) is 14.4. The summed E-state index contributed by atoms with van der Waals surface area (Å²) in [6.07, 6.45) is 1.57. The summed E-state index contributed by atoms with van der Waals surface area (Å²) < 4.78 is 16.2. The number of carbonyl (C=O) groups is 1. The number of anilines is 1. The molecule has 152 valence electrons. The van der Waals surface area contributed by atoms with E-state index in [-0.39, 0.29) is 30.2 Å². The number of benzene rings is 2. The molecule has 0 aliphatic carbocycles. The molecule has 0 radical (unpaired) electrons. The molecule has 0 bridgehead atoms. The van der Waals surface area contributed by atoms with Crippen LogP contribution in [0, 0.1) is 19.7 Å². The van der Waals surface area contributed by atoms with Gasteiger partial charge >= 0.3 is 0 Å². The van der Waals surface area contributed by atoms with Gasteiger partial charge in [-0.25, -0.2) is 14.1 Å². The molecule has 0 atom stereocenters. The molecule has 2 aromatic heterocycles. The summed E-state index contributed by atoms with van der Waals surface area (Å²) in [5.41, 5.74) is 2.55. The normalized spacial score (nSPS) is 11.0. The van der Waals surface area contributed by atoms with E-state index in [1.807, 2.05) is 31.2 Å². The Hall–Kier alpha value is -3.81. The molecule has 8 heteroatoms. The lowest BCUT2D eigenvalue weighted by molar-refractivity contribution is -0.116. The second-order valence-corrected chi connectivity index (χ2v) is 7.05. The molecule has 0 unspecified atom stereocenters. The van der Waals surface area contributed by atoms with Gasteiger partial charge in [0.2, 0.25) is 5.91 Å². The molecule has 0 aliphatic rings. The van der Waals surface area contributed by atoms with Gasteiger partial charge in [-0.15, -0.1) is 0 Å². The first-order valence-electron chi connectivity index (χ1n) is 9.50. The smallest absolute Gasteiger partial charge is 0.264 e. The summed E-state index contributed by atoms with van der Waals surface area (Å²) >= 11 is 0. The van der Waals surface area contributed by atoms with Crippen molar-refractivity contribution in [1.29, 1.82) is 0 Å². The lowest BCUT2D eigenvalue weighted by atomic mass is 10.2. The van der Waals surface area contributed by atoms with E-state index >= 15 is 0 Å². The minimum Gasteiger partial charge on any atom is -0.326 e. The van der Waals surface area contributed by atoms with Crippen LogP contribution in [0.25, 0.3) is 16.7 Å². The third-order valence-corrected chi connectivity index (χ3v) is 4.85. The van der Waals surface area contributed by atoms with Crippen LogP contribution >= 0.6 is 0 Å². The number of halogens is 1. The topological polar surface area (TPSA) is 81.8 Å². The minimum atomic E-state index is -0.356. The summed E-state index contributed by atoms with van der Waals surface area (Å²) in [5.74, 6) is -0.0719. The molecule has 0 saturated carbocycles. The monoisotopic (exact) mass is 405 g/mol. The molecule has 0 spiro atoms. The van der Waals surface area contributed by atoms with E-state index in [1.54, 1.807) is 19.1 Å². The van der Waals surface area contributed by atoms with E-state index in [2.05, 4.69) is 15.4 Å². The number of hydrogen-bond acceptors (Lipinski definition) is 4. The molecule has 1 amide bonds. The fraction of sp³-hybridized carbons (Fsp3) is 0.182. The molecule has 30 heavy (non-hydrogen) atoms. The summed E-state index contributed by atoms with van der Waals surface area (Å²) in [7, 11) is 0. The van der Waals surface area contributed by atoms with Crippen LogP contribution in [0.15, 0.2) is 59.5 Å². The summed E-state index contributed by atoms with van der Waals surface area (Å²) in [6, 6.07) is 13.3. The fourth-order valence-corrected chi connectivity index (χ4v) is 3.21. The number of fused-ring (bicyclic) bond motifs is 1.